The molecule has 7 nitrogen and oxygen atoms in total. The number of nitrogens with zero attached hydrogens (tertiary/aromatic N) is 2. The van der Waals surface area contributed by atoms with Crippen LogP contribution < -0.4 is 20.7 Å². The lowest BCUT2D eigenvalue weighted by Gasteiger charge is -2.13. The number of rotatable bonds is 8. The van der Waals surface area contributed by atoms with Crippen molar-refractivity contribution in [1.29, 1.82) is 0 Å². The molecule has 0 radical (unpaired) electrons. The topological polar surface area (TPSA) is 87.6 Å². The minimum atomic E-state index is -4.41. The largest absolute Gasteiger partial charge is 0.468 e. The summed E-state index contributed by atoms with van der Waals surface area (Å²) in [6.07, 6.45) is -2.35. The Kier molecular flexibility index (Phi) is 11.1. The number of ether oxygens (including phenoxy) is 1. The second-order valence-corrected chi connectivity index (χ2v) is 6.29. The highest BCUT2D eigenvalue weighted by atomic mass is 127. The van der Waals surface area contributed by atoms with Crippen LogP contribution in [0.3, 0.4) is 0 Å². The fourth-order valence-corrected chi connectivity index (χ4v) is 2.54. The average Bonchev–Trinajstić information content (AvgIpc) is 2.74. The molecule has 0 bridgehead atoms. The number of guanidine groups is 1. The van der Waals surface area contributed by atoms with Crippen LogP contribution in [0.4, 0.5) is 13.2 Å². The molecule has 0 fully saturated rings. The van der Waals surface area contributed by atoms with Crippen molar-refractivity contribution < 1.29 is 22.7 Å². The predicted molar refractivity (Wildman–Crippen MR) is 123 cm³/mol. The lowest BCUT2D eigenvalue weighted by molar-refractivity contribution is -0.154. The number of amides is 1. The van der Waals surface area contributed by atoms with Gasteiger partial charge < -0.3 is 20.7 Å². The minimum Gasteiger partial charge on any atom is -0.468 e. The molecule has 1 aromatic heterocycles. The van der Waals surface area contributed by atoms with E-state index in [0.717, 1.165) is 5.56 Å². The minimum absolute atomic E-state index is 0. The van der Waals surface area contributed by atoms with Gasteiger partial charge in [0.2, 0.25) is 5.88 Å². The molecule has 1 heterocycles. The van der Waals surface area contributed by atoms with Crippen molar-refractivity contribution in [3.8, 4) is 5.88 Å². The van der Waals surface area contributed by atoms with Gasteiger partial charge in [0.25, 0.3) is 5.91 Å². The summed E-state index contributed by atoms with van der Waals surface area (Å²) in [5.74, 6) is 0.302. The molecule has 2 aromatic rings. The van der Waals surface area contributed by atoms with Crippen LogP contribution >= 0.6 is 24.0 Å². The summed E-state index contributed by atoms with van der Waals surface area (Å²) >= 11 is 0. The van der Waals surface area contributed by atoms with Crippen molar-refractivity contribution in [3.05, 3.63) is 59.3 Å². The molecule has 170 valence electrons. The Balaban J connectivity index is 0.00000480. The second kappa shape index (κ2) is 13.0. The maximum atomic E-state index is 12.3. The first-order valence-corrected chi connectivity index (χ1v) is 9.20. The van der Waals surface area contributed by atoms with E-state index in [2.05, 4.69) is 30.7 Å². The number of hydrogen-bond donors (Lipinski definition) is 3. The van der Waals surface area contributed by atoms with Crippen LogP contribution in [0.1, 0.15) is 21.5 Å². The Morgan fingerprint density at radius 1 is 1.16 bits per heavy atom. The third-order valence-corrected chi connectivity index (χ3v) is 3.99. The highest BCUT2D eigenvalue weighted by Crippen LogP contribution is 2.17. The van der Waals surface area contributed by atoms with Gasteiger partial charge in [-0.25, -0.2) is 4.98 Å². The van der Waals surface area contributed by atoms with E-state index in [1.54, 1.807) is 26.2 Å². The molecule has 0 saturated carbocycles. The lowest BCUT2D eigenvalue weighted by atomic mass is 10.1. The molecule has 2 rings (SSSR count). The molecule has 0 aliphatic rings. The van der Waals surface area contributed by atoms with Crippen molar-refractivity contribution in [2.24, 2.45) is 4.99 Å². The molecule has 3 N–H and O–H groups in total. The summed E-state index contributed by atoms with van der Waals surface area (Å²) < 4.78 is 41.4. The molecule has 11 heteroatoms. The Hall–Kier alpha value is -2.57. The number of pyridine rings is 1. The summed E-state index contributed by atoms with van der Waals surface area (Å²) in [7, 11) is 3.20. The number of carbonyl (C=O) groups excluding carboxylic acids is 1. The molecular weight excluding hydrogens is 526 g/mol. The van der Waals surface area contributed by atoms with Gasteiger partial charge in [-0.2, -0.15) is 13.2 Å². The molecule has 0 spiro atoms. The highest BCUT2D eigenvalue weighted by Gasteiger charge is 2.28. The maximum absolute atomic E-state index is 12.3. The molecular formula is C20H25F3IN5O2. The Bertz CT molecular complexity index is 878. The number of hydrogen-bond acceptors (Lipinski definition) is 4. The fourth-order valence-electron chi connectivity index (χ4n) is 2.54. The first kappa shape index (κ1) is 26.5. The van der Waals surface area contributed by atoms with E-state index in [1.165, 1.54) is 12.3 Å². The molecule has 0 saturated heterocycles. The predicted octanol–water partition coefficient (Wildman–Crippen LogP) is 2.91. The monoisotopic (exact) mass is 551 g/mol. The molecule has 0 aliphatic carbocycles. The molecule has 0 atom stereocenters. The summed E-state index contributed by atoms with van der Waals surface area (Å²) in [6, 6.07) is 10.5. The highest BCUT2D eigenvalue weighted by molar-refractivity contribution is 14.0. The molecule has 0 aliphatic heterocycles. The number of halogens is 4. The number of nitrogens with one attached hydrogen (secondary N) is 3. The summed E-state index contributed by atoms with van der Waals surface area (Å²) in [5.41, 5.74) is 2.29. The first-order chi connectivity index (χ1) is 14.3. The van der Waals surface area contributed by atoms with Gasteiger partial charge in [-0.1, -0.05) is 12.1 Å². The van der Waals surface area contributed by atoms with Gasteiger partial charge in [0.1, 0.15) is 0 Å². The van der Waals surface area contributed by atoms with Crippen LogP contribution in [0.5, 0.6) is 5.88 Å². The van der Waals surface area contributed by atoms with Crippen LogP contribution in [-0.2, 0) is 13.0 Å². The third-order valence-electron chi connectivity index (χ3n) is 3.99. The van der Waals surface area contributed by atoms with Gasteiger partial charge in [0.15, 0.2) is 12.6 Å². The van der Waals surface area contributed by atoms with Crippen LogP contribution in [0.15, 0.2) is 47.6 Å². The lowest BCUT2D eigenvalue weighted by Crippen LogP contribution is -2.37. The van der Waals surface area contributed by atoms with E-state index in [4.69, 9.17) is 0 Å². The van der Waals surface area contributed by atoms with E-state index >= 15 is 0 Å². The quantitative estimate of drug-likeness (QED) is 0.267. The van der Waals surface area contributed by atoms with Crippen LogP contribution in [-0.4, -0.2) is 50.3 Å². The third kappa shape index (κ3) is 9.85. The van der Waals surface area contributed by atoms with Crippen molar-refractivity contribution in [1.82, 2.24) is 20.9 Å². The van der Waals surface area contributed by atoms with Gasteiger partial charge in [-0.05, 0) is 35.7 Å². The van der Waals surface area contributed by atoms with Gasteiger partial charge in [0.05, 0.1) is 0 Å². The van der Waals surface area contributed by atoms with Gasteiger partial charge in [-0.15, -0.1) is 24.0 Å². The standard InChI is InChI=1S/C20H24F3N5O2.HI/c1-24-18(29)16-5-3-4-14(10-16)6-9-27-19(25-2)28-12-15-7-8-26-17(11-15)30-13-20(21,22)23;/h3-5,7-8,10-11H,6,9,12-13H2,1-2H3,(H,24,29)(H2,25,27,28);1H. The molecule has 0 unspecified atom stereocenters. The Morgan fingerprint density at radius 3 is 2.61 bits per heavy atom. The van der Waals surface area contributed by atoms with Gasteiger partial charge in [0, 0.05) is 45.0 Å². The van der Waals surface area contributed by atoms with E-state index in [1.807, 2.05) is 18.2 Å². The average molecular weight is 551 g/mol. The van der Waals surface area contributed by atoms with E-state index in [9.17, 15) is 18.0 Å². The number of alkyl halides is 3. The smallest absolute Gasteiger partial charge is 0.422 e. The Labute approximate surface area is 195 Å². The molecule has 1 amide bonds. The van der Waals surface area contributed by atoms with Gasteiger partial charge in [-0.3, -0.25) is 9.79 Å². The zero-order valence-electron chi connectivity index (χ0n) is 17.1. The number of benzene rings is 1. The van der Waals surface area contributed by atoms with Crippen molar-refractivity contribution in [2.45, 2.75) is 19.1 Å². The Morgan fingerprint density at radius 2 is 1.94 bits per heavy atom. The maximum Gasteiger partial charge on any atom is 0.422 e. The van der Waals surface area contributed by atoms with Crippen LogP contribution in [0.25, 0.3) is 0 Å². The second-order valence-electron chi connectivity index (χ2n) is 6.29. The van der Waals surface area contributed by atoms with Crippen molar-refractivity contribution in [2.75, 3.05) is 27.2 Å². The zero-order chi connectivity index (χ0) is 22.0. The summed E-state index contributed by atoms with van der Waals surface area (Å²) in [6.45, 7) is -0.481. The van der Waals surface area contributed by atoms with E-state index in [-0.39, 0.29) is 35.8 Å². The SMILES string of the molecule is CN=C(NCCc1cccc(C(=O)NC)c1)NCc1ccnc(OCC(F)(F)F)c1.I. The number of aliphatic imine (C=N–C) groups is 1. The van der Waals surface area contributed by atoms with E-state index in [0.29, 0.717) is 36.6 Å². The van der Waals surface area contributed by atoms with Crippen LogP contribution in [0, 0.1) is 0 Å². The van der Waals surface area contributed by atoms with Gasteiger partial charge >= 0.3 is 6.18 Å². The van der Waals surface area contributed by atoms with E-state index < -0.39 is 12.8 Å². The zero-order valence-corrected chi connectivity index (χ0v) is 19.5. The first-order valence-electron chi connectivity index (χ1n) is 9.20. The summed E-state index contributed by atoms with van der Waals surface area (Å²) in [4.78, 5) is 19.6. The molecule has 1 aromatic carbocycles. The fraction of sp³-hybridized carbons (Fsp3) is 0.350. The summed E-state index contributed by atoms with van der Waals surface area (Å²) in [5, 5.41) is 8.82. The number of carbonyl (C=O) groups is 1. The van der Waals surface area contributed by atoms with Crippen molar-refractivity contribution in [3.63, 3.8) is 0 Å². The normalized spacial score (nSPS) is 11.3. The molecule has 31 heavy (non-hydrogen) atoms. The number of aromatic nitrogens is 1. The van der Waals surface area contributed by atoms with Crippen LogP contribution in [0.2, 0.25) is 0 Å². The van der Waals surface area contributed by atoms with Crippen molar-refractivity contribution >= 4 is 35.8 Å².